The van der Waals surface area contributed by atoms with E-state index in [0.717, 1.165) is 59.0 Å². The van der Waals surface area contributed by atoms with Gasteiger partial charge in [-0.1, -0.05) is 12.1 Å². The van der Waals surface area contributed by atoms with Gasteiger partial charge in [-0.05, 0) is 78.1 Å². The second-order valence-electron chi connectivity index (χ2n) is 9.37. The summed E-state index contributed by atoms with van der Waals surface area (Å²) in [5.41, 5.74) is 6.87. The van der Waals surface area contributed by atoms with Gasteiger partial charge in [0, 0.05) is 45.1 Å². The lowest BCUT2D eigenvalue weighted by Gasteiger charge is -2.34. The van der Waals surface area contributed by atoms with Gasteiger partial charge in [0.2, 0.25) is 0 Å². The summed E-state index contributed by atoms with van der Waals surface area (Å²) in [6.07, 6.45) is 3.88. The number of imidazole rings is 1. The van der Waals surface area contributed by atoms with Gasteiger partial charge in [-0.15, -0.1) is 0 Å². The molecule has 0 saturated carbocycles. The molecule has 7 nitrogen and oxygen atoms in total. The Balaban J connectivity index is 1.26. The molecule has 1 aliphatic heterocycles. The number of hydrogen-bond acceptors (Lipinski definition) is 5. The van der Waals surface area contributed by atoms with Crippen molar-refractivity contribution in [2.24, 2.45) is 0 Å². The predicted molar refractivity (Wildman–Crippen MR) is 141 cm³/mol. The first-order valence-electron chi connectivity index (χ1n) is 12.2. The Morgan fingerprint density at radius 3 is 2.19 bits per heavy atom. The molecule has 3 heterocycles. The van der Waals surface area contributed by atoms with E-state index in [0.29, 0.717) is 18.8 Å². The van der Waals surface area contributed by atoms with Gasteiger partial charge in [0.1, 0.15) is 22.8 Å². The number of methoxy groups -OCH3 is 2. The monoisotopic (exact) mass is 484 g/mol. The van der Waals surface area contributed by atoms with Crippen LogP contribution in [0.25, 0.3) is 16.8 Å². The van der Waals surface area contributed by atoms with Gasteiger partial charge in [0.05, 0.1) is 14.2 Å². The Kier molecular flexibility index (Phi) is 6.65. The summed E-state index contributed by atoms with van der Waals surface area (Å²) in [5.74, 6) is 1.77. The maximum Gasteiger partial charge on any atom is 0.274 e. The fourth-order valence-electron chi connectivity index (χ4n) is 4.96. The molecular formula is C29H32N4O3. The summed E-state index contributed by atoms with van der Waals surface area (Å²) in [4.78, 5) is 22.1. The highest BCUT2D eigenvalue weighted by atomic mass is 16.5. The van der Waals surface area contributed by atoms with Crippen molar-refractivity contribution < 1.29 is 14.3 Å². The van der Waals surface area contributed by atoms with Crippen molar-refractivity contribution >= 4 is 11.6 Å². The largest absolute Gasteiger partial charge is 0.497 e. The van der Waals surface area contributed by atoms with Crippen LogP contribution in [0.2, 0.25) is 0 Å². The number of nitrogens with zero attached hydrogens (tertiary/aromatic N) is 4. The molecule has 2 aromatic carbocycles. The number of pyridine rings is 1. The highest BCUT2D eigenvalue weighted by Gasteiger charge is 2.24. The van der Waals surface area contributed by atoms with E-state index >= 15 is 0 Å². The number of aromatic nitrogens is 2. The van der Waals surface area contributed by atoms with E-state index < -0.39 is 0 Å². The highest BCUT2D eigenvalue weighted by molar-refractivity contribution is 5.93. The molecule has 1 amide bonds. The first-order valence-corrected chi connectivity index (χ1v) is 12.2. The van der Waals surface area contributed by atoms with Gasteiger partial charge >= 0.3 is 0 Å². The second-order valence-corrected chi connectivity index (χ2v) is 9.37. The summed E-state index contributed by atoms with van der Waals surface area (Å²) in [7, 11) is 3.38. The number of amides is 1. The normalized spacial score (nSPS) is 14.3. The maximum absolute atomic E-state index is 13.2. The molecule has 7 heteroatoms. The number of ether oxygens (including phenoxy) is 2. The van der Waals surface area contributed by atoms with E-state index in [1.54, 1.807) is 14.2 Å². The first kappa shape index (κ1) is 23.9. The van der Waals surface area contributed by atoms with Gasteiger partial charge in [0.15, 0.2) is 0 Å². The van der Waals surface area contributed by atoms with Gasteiger partial charge < -0.3 is 18.8 Å². The lowest BCUT2D eigenvalue weighted by atomic mass is 10.0. The zero-order valence-electron chi connectivity index (χ0n) is 21.3. The van der Waals surface area contributed by atoms with Gasteiger partial charge in [-0.2, -0.15) is 0 Å². The van der Waals surface area contributed by atoms with Crippen LogP contribution in [0, 0.1) is 13.8 Å². The van der Waals surface area contributed by atoms with Crippen molar-refractivity contribution in [2.75, 3.05) is 40.4 Å². The van der Waals surface area contributed by atoms with Crippen molar-refractivity contribution in [2.45, 2.75) is 20.4 Å². The molecule has 0 N–H and O–H groups in total. The van der Waals surface area contributed by atoms with Crippen LogP contribution in [0.5, 0.6) is 11.5 Å². The zero-order valence-corrected chi connectivity index (χ0v) is 21.3. The summed E-state index contributed by atoms with van der Waals surface area (Å²) >= 11 is 0. The number of benzene rings is 2. The minimum atomic E-state index is -0.0134. The molecule has 0 atom stereocenters. The third kappa shape index (κ3) is 4.79. The molecule has 186 valence electrons. The maximum atomic E-state index is 13.2. The predicted octanol–water partition coefficient (Wildman–Crippen LogP) is 4.59. The summed E-state index contributed by atoms with van der Waals surface area (Å²) < 4.78 is 12.7. The topological polar surface area (TPSA) is 59.3 Å². The van der Waals surface area contributed by atoms with Crippen LogP contribution in [-0.2, 0) is 6.54 Å². The van der Waals surface area contributed by atoms with Gasteiger partial charge in [0.25, 0.3) is 5.91 Å². The molecule has 1 aliphatic rings. The Morgan fingerprint density at radius 2 is 1.56 bits per heavy atom. The SMILES string of the molecule is COc1ccc(CN2CCN(C(=O)c3cn4cc(-c5cc(C)c(OC)c(C)c5)ccc4n3)CC2)cc1. The van der Waals surface area contributed by atoms with Crippen LogP contribution in [0.4, 0.5) is 0 Å². The Labute approximate surface area is 211 Å². The molecule has 0 spiro atoms. The van der Waals surface area contributed by atoms with Crippen molar-refractivity contribution in [1.29, 1.82) is 0 Å². The van der Waals surface area contributed by atoms with E-state index in [2.05, 4.69) is 54.1 Å². The van der Waals surface area contributed by atoms with E-state index in [1.165, 1.54) is 5.56 Å². The molecule has 0 bridgehead atoms. The highest BCUT2D eigenvalue weighted by Crippen LogP contribution is 2.30. The van der Waals surface area contributed by atoms with Crippen molar-refractivity contribution in [3.05, 3.63) is 83.3 Å². The van der Waals surface area contributed by atoms with Crippen LogP contribution in [0.15, 0.2) is 60.9 Å². The van der Waals surface area contributed by atoms with Crippen LogP contribution in [0.3, 0.4) is 0 Å². The number of carbonyl (C=O) groups is 1. The third-order valence-electron chi connectivity index (χ3n) is 6.89. The zero-order chi connectivity index (χ0) is 25.2. The summed E-state index contributed by atoms with van der Waals surface area (Å²) in [6.45, 7) is 8.04. The fraction of sp³-hybridized carbons (Fsp3) is 0.310. The van der Waals surface area contributed by atoms with Crippen LogP contribution < -0.4 is 9.47 Å². The number of aryl methyl sites for hydroxylation is 2. The smallest absolute Gasteiger partial charge is 0.274 e. The minimum absolute atomic E-state index is 0.0134. The Hall–Kier alpha value is -3.84. The lowest BCUT2D eigenvalue weighted by molar-refractivity contribution is 0.0623. The molecule has 0 radical (unpaired) electrons. The number of fused-ring (bicyclic) bond motifs is 1. The molecule has 0 unspecified atom stereocenters. The number of hydrogen-bond donors (Lipinski definition) is 0. The number of carbonyl (C=O) groups excluding carboxylic acids is 1. The van der Waals surface area contributed by atoms with E-state index in [1.807, 2.05) is 39.9 Å². The second kappa shape index (κ2) is 10.0. The molecule has 5 rings (SSSR count). The Morgan fingerprint density at radius 1 is 0.861 bits per heavy atom. The molecule has 36 heavy (non-hydrogen) atoms. The van der Waals surface area contributed by atoms with Crippen LogP contribution in [0.1, 0.15) is 27.2 Å². The lowest BCUT2D eigenvalue weighted by Crippen LogP contribution is -2.48. The van der Waals surface area contributed by atoms with E-state index in [9.17, 15) is 4.79 Å². The minimum Gasteiger partial charge on any atom is -0.497 e. The van der Waals surface area contributed by atoms with Crippen molar-refractivity contribution in [3.8, 4) is 22.6 Å². The molecular weight excluding hydrogens is 452 g/mol. The summed E-state index contributed by atoms with van der Waals surface area (Å²) in [5, 5.41) is 0. The molecule has 2 aromatic heterocycles. The molecule has 4 aromatic rings. The number of rotatable bonds is 6. The molecule has 1 fully saturated rings. The fourth-order valence-corrected chi connectivity index (χ4v) is 4.96. The average molecular weight is 485 g/mol. The first-order chi connectivity index (χ1) is 17.4. The Bertz CT molecular complexity index is 1360. The van der Waals surface area contributed by atoms with E-state index in [4.69, 9.17) is 9.47 Å². The van der Waals surface area contributed by atoms with Crippen molar-refractivity contribution in [3.63, 3.8) is 0 Å². The standard InChI is InChI=1S/C29H32N4O3/c1-20-15-24(16-21(2)28(20)36-4)23-7-10-27-30-26(19-33(27)18-23)29(34)32-13-11-31(12-14-32)17-22-5-8-25(35-3)9-6-22/h5-10,15-16,18-19H,11-14,17H2,1-4H3. The van der Waals surface area contributed by atoms with Crippen LogP contribution in [-0.4, -0.2) is 65.5 Å². The van der Waals surface area contributed by atoms with E-state index in [-0.39, 0.29) is 5.91 Å². The average Bonchev–Trinajstić information content (AvgIpc) is 3.32. The van der Waals surface area contributed by atoms with Gasteiger partial charge in [-0.25, -0.2) is 4.98 Å². The molecule has 1 saturated heterocycles. The number of piperazine rings is 1. The third-order valence-corrected chi connectivity index (χ3v) is 6.89. The molecule has 0 aliphatic carbocycles. The van der Waals surface area contributed by atoms with Crippen LogP contribution >= 0.6 is 0 Å². The summed E-state index contributed by atoms with van der Waals surface area (Å²) in [6, 6.07) is 16.4. The van der Waals surface area contributed by atoms with Gasteiger partial charge in [-0.3, -0.25) is 9.69 Å². The quantitative estimate of drug-likeness (QED) is 0.401. The van der Waals surface area contributed by atoms with Crippen molar-refractivity contribution in [1.82, 2.24) is 19.2 Å².